The molecule has 0 aromatic carbocycles. The number of Topliss-reactive ketones (excluding diaryl/α,β-unsaturated/α-hetero) is 1. The summed E-state index contributed by atoms with van der Waals surface area (Å²) in [5.41, 5.74) is -2.05. The molecular formula is C31H45NO9. The van der Waals surface area contributed by atoms with Crippen molar-refractivity contribution in [3.05, 3.63) is 11.6 Å². The number of rotatable bonds is 10. The van der Waals surface area contributed by atoms with Gasteiger partial charge in [0.05, 0.1) is 6.42 Å². The fraction of sp³-hybridized carbons (Fsp3) is 0.774. The number of carbonyl (C=O) groups excluding carboxylic acids is 4. The third-order valence-corrected chi connectivity index (χ3v) is 11.2. The van der Waals surface area contributed by atoms with Crippen LogP contribution >= 0.6 is 0 Å². The van der Waals surface area contributed by atoms with Gasteiger partial charge in [0.15, 0.2) is 18.5 Å². The van der Waals surface area contributed by atoms with Gasteiger partial charge < -0.3 is 25.4 Å². The highest BCUT2D eigenvalue weighted by Gasteiger charge is 2.66. The highest BCUT2D eigenvalue weighted by atomic mass is 16.5. The number of hydrogen-bond donors (Lipinski definition) is 4. The van der Waals surface area contributed by atoms with Crippen LogP contribution in [0.25, 0.3) is 0 Å². The molecule has 10 nitrogen and oxygen atoms in total. The normalized spacial score (nSPS) is 35.3. The van der Waals surface area contributed by atoms with Crippen LogP contribution in [0, 0.1) is 34.0 Å². The van der Waals surface area contributed by atoms with E-state index in [9.17, 15) is 34.2 Å². The molecule has 0 spiro atoms. The van der Waals surface area contributed by atoms with Gasteiger partial charge in [-0.25, -0.2) is 4.79 Å². The molecule has 4 N–H and O–H groups in total. The van der Waals surface area contributed by atoms with E-state index in [2.05, 4.69) is 12.2 Å². The van der Waals surface area contributed by atoms with E-state index in [-0.39, 0.29) is 36.5 Å². The van der Waals surface area contributed by atoms with Crippen molar-refractivity contribution in [2.45, 2.75) is 104 Å². The number of carbonyl (C=O) groups is 5. The van der Waals surface area contributed by atoms with E-state index < -0.39 is 52.8 Å². The number of carboxylic acid groups (broad SMARTS) is 1. The topological polar surface area (TPSA) is 167 Å². The molecule has 0 heterocycles. The molecule has 1 amide bonds. The van der Waals surface area contributed by atoms with Crippen LogP contribution in [0.5, 0.6) is 0 Å². The van der Waals surface area contributed by atoms with Gasteiger partial charge in [-0.15, -0.1) is 0 Å². The summed E-state index contributed by atoms with van der Waals surface area (Å²) in [6.07, 6.45) is 5.60. The van der Waals surface area contributed by atoms with Crippen LogP contribution < -0.4 is 5.32 Å². The number of ketones is 2. The zero-order valence-electron chi connectivity index (χ0n) is 24.7. The summed E-state index contributed by atoms with van der Waals surface area (Å²) in [6, 6.07) is 0. The molecule has 7 atom stereocenters. The second kappa shape index (κ2) is 11.2. The van der Waals surface area contributed by atoms with Gasteiger partial charge in [-0.1, -0.05) is 33.3 Å². The molecule has 4 aliphatic rings. The molecule has 0 radical (unpaired) electrons. The number of ether oxygens (including phenoxy) is 1. The Labute approximate surface area is 241 Å². The first kappa shape index (κ1) is 31.3. The molecule has 3 saturated carbocycles. The fourth-order valence-corrected chi connectivity index (χ4v) is 8.43. The zero-order valence-corrected chi connectivity index (χ0v) is 24.7. The van der Waals surface area contributed by atoms with Crippen LogP contribution in [0.15, 0.2) is 11.6 Å². The van der Waals surface area contributed by atoms with Crippen LogP contribution in [-0.2, 0) is 28.7 Å². The molecule has 0 unspecified atom stereocenters. The maximum atomic E-state index is 13.4. The molecule has 0 aromatic rings. The van der Waals surface area contributed by atoms with Crippen LogP contribution in [0.4, 0.5) is 0 Å². The molecular weight excluding hydrogens is 530 g/mol. The molecule has 0 aliphatic heterocycles. The highest BCUT2D eigenvalue weighted by molar-refractivity contribution is 5.92. The number of carboxylic acids is 1. The first-order valence-corrected chi connectivity index (χ1v) is 14.9. The number of hydrogen-bond acceptors (Lipinski definition) is 8. The summed E-state index contributed by atoms with van der Waals surface area (Å²) in [6.45, 7) is 6.63. The fourth-order valence-electron chi connectivity index (χ4n) is 8.43. The van der Waals surface area contributed by atoms with E-state index >= 15 is 0 Å². The summed E-state index contributed by atoms with van der Waals surface area (Å²) in [5, 5.41) is 33.0. The van der Waals surface area contributed by atoms with Gasteiger partial charge in [-0.05, 0) is 74.2 Å². The number of nitrogens with one attached hydrogen (secondary N) is 1. The van der Waals surface area contributed by atoms with E-state index in [1.807, 2.05) is 13.0 Å². The standard InChI is InChI=1S/C31H45NO9/c1-28(2,26(37)27(38)39)17-32-24(35)7-8-25(36)41-16-23(34)31(40)14-11-22-20-6-5-18-15-19(33)9-12-29(18,3)21(20)10-13-30(22,31)4/h15,20-22,26,37,40H,5-14,16-17H2,1-4H3,(H,32,35)(H,38,39)/t20-,21-,22-,26+,29+,30+,31+/m1/s1. The van der Waals surface area contributed by atoms with Gasteiger partial charge in [-0.2, -0.15) is 0 Å². The predicted octanol–water partition coefficient (Wildman–Crippen LogP) is 2.73. The predicted molar refractivity (Wildman–Crippen MR) is 147 cm³/mol. The van der Waals surface area contributed by atoms with Gasteiger partial charge in [0.25, 0.3) is 0 Å². The number of aliphatic carboxylic acids is 1. The van der Waals surface area contributed by atoms with Crippen molar-refractivity contribution < 1.29 is 44.0 Å². The number of esters is 1. The van der Waals surface area contributed by atoms with Crippen molar-refractivity contribution in [3.63, 3.8) is 0 Å². The number of aliphatic hydroxyl groups excluding tert-OH is 1. The largest absolute Gasteiger partial charge is 0.479 e. The van der Waals surface area contributed by atoms with E-state index in [4.69, 9.17) is 9.84 Å². The Bertz CT molecular complexity index is 1140. The second-order valence-electron chi connectivity index (χ2n) is 13.9. The lowest BCUT2D eigenvalue weighted by Crippen LogP contribution is -2.58. The smallest absolute Gasteiger partial charge is 0.333 e. The second-order valence-corrected chi connectivity index (χ2v) is 13.9. The van der Waals surface area contributed by atoms with Gasteiger partial charge in [-0.3, -0.25) is 19.2 Å². The third-order valence-electron chi connectivity index (χ3n) is 11.2. The monoisotopic (exact) mass is 575 g/mol. The molecule has 0 saturated heterocycles. The molecule has 4 rings (SSSR count). The van der Waals surface area contributed by atoms with Crippen molar-refractivity contribution in [2.75, 3.05) is 13.2 Å². The average molecular weight is 576 g/mol. The minimum Gasteiger partial charge on any atom is -0.479 e. The van der Waals surface area contributed by atoms with Crippen molar-refractivity contribution in [1.82, 2.24) is 5.32 Å². The minimum atomic E-state index is -1.66. The van der Waals surface area contributed by atoms with Crippen molar-refractivity contribution >= 4 is 29.4 Å². The van der Waals surface area contributed by atoms with Crippen molar-refractivity contribution in [2.24, 2.45) is 34.0 Å². The number of allylic oxidation sites excluding steroid dienone is 1. The maximum Gasteiger partial charge on any atom is 0.333 e. The Morgan fingerprint density at radius 2 is 1.73 bits per heavy atom. The molecule has 41 heavy (non-hydrogen) atoms. The van der Waals surface area contributed by atoms with E-state index in [1.54, 1.807) is 0 Å². The number of aliphatic hydroxyl groups is 2. The highest BCUT2D eigenvalue weighted by Crippen LogP contribution is 2.67. The Morgan fingerprint density at radius 1 is 1.05 bits per heavy atom. The molecule has 4 aliphatic carbocycles. The quantitative estimate of drug-likeness (QED) is 0.286. The van der Waals surface area contributed by atoms with Crippen LogP contribution in [0.3, 0.4) is 0 Å². The molecule has 228 valence electrons. The molecule has 0 aromatic heterocycles. The minimum absolute atomic E-state index is 0.00347. The Hall–Kier alpha value is -2.59. The van der Waals surface area contributed by atoms with Crippen LogP contribution in [0.1, 0.15) is 91.9 Å². The first-order valence-electron chi connectivity index (χ1n) is 14.9. The SMILES string of the molecule is CC(C)(CNC(=O)CCC(=O)OCC(=O)[C@@]1(O)CC[C@@H]2[C@@H]3CCC4=CC(=O)CC[C@]4(C)[C@@H]3CC[C@@]21C)[C@@H](O)C(=O)O. The lowest BCUT2D eigenvalue weighted by atomic mass is 9.46. The van der Waals surface area contributed by atoms with E-state index in [1.165, 1.54) is 19.4 Å². The Balaban J connectivity index is 1.30. The summed E-state index contributed by atoms with van der Waals surface area (Å²) in [5.74, 6) is -1.97. The lowest BCUT2D eigenvalue weighted by Gasteiger charge is -2.58. The summed E-state index contributed by atoms with van der Waals surface area (Å²) in [4.78, 5) is 60.9. The zero-order chi connectivity index (χ0) is 30.4. The Kier molecular flexibility index (Phi) is 8.60. The number of amides is 1. The summed E-state index contributed by atoms with van der Waals surface area (Å²) >= 11 is 0. The molecule has 10 heteroatoms. The van der Waals surface area contributed by atoms with Gasteiger partial charge in [0, 0.05) is 30.2 Å². The number of fused-ring (bicyclic) bond motifs is 5. The van der Waals surface area contributed by atoms with Gasteiger partial charge >= 0.3 is 11.9 Å². The van der Waals surface area contributed by atoms with E-state index in [0.717, 1.165) is 32.1 Å². The first-order chi connectivity index (χ1) is 19.0. The van der Waals surface area contributed by atoms with Crippen molar-refractivity contribution in [1.29, 1.82) is 0 Å². The molecule has 3 fully saturated rings. The Morgan fingerprint density at radius 3 is 2.41 bits per heavy atom. The summed E-state index contributed by atoms with van der Waals surface area (Å²) in [7, 11) is 0. The average Bonchev–Trinajstić information content (AvgIpc) is 3.20. The van der Waals surface area contributed by atoms with Gasteiger partial charge in [0.2, 0.25) is 11.7 Å². The lowest BCUT2D eigenvalue weighted by molar-refractivity contribution is -0.170. The van der Waals surface area contributed by atoms with Gasteiger partial charge in [0.1, 0.15) is 5.60 Å². The molecule has 0 bridgehead atoms. The van der Waals surface area contributed by atoms with Crippen molar-refractivity contribution in [3.8, 4) is 0 Å². The van der Waals surface area contributed by atoms with Crippen LogP contribution in [-0.4, -0.2) is 69.6 Å². The maximum absolute atomic E-state index is 13.4. The third kappa shape index (κ3) is 5.61. The van der Waals surface area contributed by atoms with E-state index in [0.29, 0.717) is 31.1 Å². The van der Waals surface area contributed by atoms with Crippen LogP contribution in [0.2, 0.25) is 0 Å². The summed E-state index contributed by atoms with van der Waals surface area (Å²) < 4.78 is 5.19.